The van der Waals surface area contributed by atoms with E-state index in [4.69, 9.17) is 21.7 Å². The molecule has 6 nitrogen and oxygen atoms in total. The van der Waals surface area contributed by atoms with Crippen molar-refractivity contribution in [2.45, 2.75) is 26.3 Å². The average molecular weight is 550 g/mol. The molecule has 1 heterocycles. The van der Waals surface area contributed by atoms with Crippen LogP contribution in [-0.2, 0) is 16.1 Å². The van der Waals surface area contributed by atoms with Gasteiger partial charge in [0.25, 0.3) is 11.8 Å². The highest BCUT2D eigenvalue weighted by atomic mass is 79.9. The van der Waals surface area contributed by atoms with Gasteiger partial charge in [0.05, 0.1) is 12.0 Å². The van der Waals surface area contributed by atoms with Crippen molar-refractivity contribution in [3.05, 3.63) is 63.0 Å². The van der Waals surface area contributed by atoms with E-state index >= 15 is 0 Å². The second-order valence-corrected chi connectivity index (χ2v) is 9.79. The van der Waals surface area contributed by atoms with Gasteiger partial charge in [-0.3, -0.25) is 14.5 Å². The fourth-order valence-electron chi connectivity index (χ4n) is 3.07. The summed E-state index contributed by atoms with van der Waals surface area (Å²) in [4.78, 5) is 27.1. The van der Waals surface area contributed by atoms with Crippen molar-refractivity contribution in [2.75, 3.05) is 20.3 Å². The molecule has 1 N–H and O–H groups in total. The summed E-state index contributed by atoms with van der Waals surface area (Å²) in [7, 11) is 1.53. The lowest BCUT2D eigenvalue weighted by molar-refractivity contribution is -0.123. The Hall–Kier alpha value is -2.36. The molecular weight excluding hydrogens is 524 g/mol. The number of nitrogens with one attached hydrogen (secondary N) is 1. The Morgan fingerprint density at radius 3 is 2.70 bits per heavy atom. The predicted octanol–water partition coefficient (Wildman–Crippen LogP) is 5.15. The standard InChI is InChI=1S/C24H25BrN2O4S2/c1-3-4-10-27-23(29)21(33-24(27)32)12-17-11-19(30-2)20(13-18(17)25)31-15-22(28)26-14-16-8-6-5-7-9-16/h5-9,11-13H,3-4,10,14-15H2,1-2H3,(H,26,28). The zero-order valence-corrected chi connectivity index (χ0v) is 21.6. The van der Waals surface area contributed by atoms with Crippen LogP contribution in [0.5, 0.6) is 11.5 Å². The highest BCUT2D eigenvalue weighted by molar-refractivity contribution is 9.10. The van der Waals surface area contributed by atoms with Gasteiger partial charge in [-0.15, -0.1) is 0 Å². The third-order valence-corrected chi connectivity index (χ3v) is 6.93. The maximum Gasteiger partial charge on any atom is 0.266 e. The number of benzene rings is 2. The average Bonchev–Trinajstić information content (AvgIpc) is 3.08. The van der Waals surface area contributed by atoms with Crippen molar-refractivity contribution in [2.24, 2.45) is 0 Å². The molecule has 0 saturated carbocycles. The largest absolute Gasteiger partial charge is 0.493 e. The predicted molar refractivity (Wildman–Crippen MR) is 139 cm³/mol. The van der Waals surface area contributed by atoms with E-state index < -0.39 is 0 Å². The molecular formula is C24H25BrN2O4S2. The van der Waals surface area contributed by atoms with Gasteiger partial charge in [-0.1, -0.05) is 83.6 Å². The molecule has 0 aromatic heterocycles. The van der Waals surface area contributed by atoms with Crippen molar-refractivity contribution in [3.63, 3.8) is 0 Å². The number of methoxy groups -OCH3 is 1. The van der Waals surface area contributed by atoms with Gasteiger partial charge in [-0.05, 0) is 35.8 Å². The number of thiocarbonyl (C=S) groups is 1. The van der Waals surface area contributed by atoms with Crippen LogP contribution in [0.15, 0.2) is 51.8 Å². The van der Waals surface area contributed by atoms with Crippen LogP contribution in [-0.4, -0.2) is 41.3 Å². The van der Waals surface area contributed by atoms with Gasteiger partial charge in [0.15, 0.2) is 18.1 Å². The summed E-state index contributed by atoms with van der Waals surface area (Å²) in [6.45, 7) is 2.99. The van der Waals surface area contributed by atoms with Gasteiger partial charge in [0, 0.05) is 17.6 Å². The smallest absolute Gasteiger partial charge is 0.266 e. The zero-order valence-electron chi connectivity index (χ0n) is 18.4. The SMILES string of the molecule is CCCCN1C(=O)C(=Cc2cc(OC)c(OCC(=O)NCc3ccccc3)cc2Br)SC1=S. The molecule has 0 unspecified atom stereocenters. The summed E-state index contributed by atoms with van der Waals surface area (Å²) in [5.41, 5.74) is 1.76. The monoisotopic (exact) mass is 548 g/mol. The maximum atomic E-state index is 12.7. The van der Waals surface area contributed by atoms with Gasteiger partial charge >= 0.3 is 0 Å². The van der Waals surface area contributed by atoms with Crippen LogP contribution in [0.1, 0.15) is 30.9 Å². The molecule has 0 spiro atoms. The van der Waals surface area contributed by atoms with E-state index in [1.165, 1.54) is 18.9 Å². The third-order valence-electron chi connectivity index (χ3n) is 4.87. The normalized spacial score (nSPS) is 14.6. The van der Waals surface area contributed by atoms with Crippen molar-refractivity contribution in [3.8, 4) is 11.5 Å². The first-order valence-corrected chi connectivity index (χ1v) is 12.5. The molecule has 3 rings (SSSR count). The first-order valence-electron chi connectivity index (χ1n) is 10.5. The summed E-state index contributed by atoms with van der Waals surface area (Å²) in [6, 6.07) is 13.1. The summed E-state index contributed by atoms with van der Waals surface area (Å²) < 4.78 is 12.4. The van der Waals surface area contributed by atoms with Crippen LogP contribution in [0.4, 0.5) is 0 Å². The van der Waals surface area contributed by atoms with Crippen molar-refractivity contribution in [1.82, 2.24) is 10.2 Å². The number of rotatable bonds is 10. The lowest BCUT2D eigenvalue weighted by atomic mass is 10.1. The van der Waals surface area contributed by atoms with E-state index in [0.29, 0.717) is 38.3 Å². The minimum Gasteiger partial charge on any atom is -0.493 e. The van der Waals surface area contributed by atoms with Crippen molar-refractivity contribution >= 4 is 62.1 Å². The van der Waals surface area contributed by atoms with Crippen molar-refractivity contribution < 1.29 is 19.1 Å². The Morgan fingerprint density at radius 2 is 2.00 bits per heavy atom. The van der Waals surface area contributed by atoms with Gasteiger partial charge < -0.3 is 14.8 Å². The Morgan fingerprint density at radius 1 is 1.24 bits per heavy atom. The Labute approximate surface area is 211 Å². The zero-order chi connectivity index (χ0) is 23.8. The minimum atomic E-state index is -0.239. The second kappa shape index (κ2) is 12.2. The Kier molecular flexibility index (Phi) is 9.34. The molecule has 1 aliphatic heterocycles. The van der Waals surface area contributed by atoms with E-state index in [0.717, 1.165) is 24.0 Å². The van der Waals surface area contributed by atoms with Crippen LogP contribution >= 0.6 is 39.9 Å². The van der Waals surface area contributed by atoms with E-state index in [9.17, 15) is 9.59 Å². The number of ether oxygens (including phenoxy) is 2. The van der Waals surface area contributed by atoms with Crippen LogP contribution in [0.2, 0.25) is 0 Å². The number of nitrogens with zero attached hydrogens (tertiary/aromatic N) is 1. The number of carbonyl (C=O) groups excluding carboxylic acids is 2. The summed E-state index contributed by atoms with van der Waals surface area (Å²) >= 11 is 10.2. The molecule has 0 aliphatic carbocycles. The maximum absolute atomic E-state index is 12.7. The number of hydrogen-bond donors (Lipinski definition) is 1. The Balaban J connectivity index is 1.67. The molecule has 2 aromatic carbocycles. The number of thioether (sulfide) groups is 1. The first kappa shape index (κ1) is 25.3. The molecule has 174 valence electrons. The fraction of sp³-hybridized carbons (Fsp3) is 0.292. The molecule has 2 aromatic rings. The first-order chi connectivity index (χ1) is 15.9. The second-order valence-electron chi connectivity index (χ2n) is 7.26. The molecule has 2 amide bonds. The minimum absolute atomic E-state index is 0.0836. The van der Waals surface area contributed by atoms with E-state index in [1.807, 2.05) is 30.3 Å². The summed E-state index contributed by atoms with van der Waals surface area (Å²) in [5.74, 6) is 0.560. The third kappa shape index (κ3) is 6.82. The highest BCUT2D eigenvalue weighted by Gasteiger charge is 2.31. The summed E-state index contributed by atoms with van der Waals surface area (Å²) in [5, 5.41) is 2.83. The molecule has 9 heteroatoms. The molecule has 0 radical (unpaired) electrons. The molecule has 0 bridgehead atoms. The number of hydrogen-bond acceptors (Lipinski definition) is 6. The number of amides is 2. The van der Waals surface area contributed by atoms with Crippen LogP contribution in [0.3, 0.4) is 0 Å². The molecule has 0 atom stereocenters. The number of carbonyl (C=O) groups is 2. The van der Waals surface area contributed by atoms with Gasteiger partial charge in [-0.2, -0.15) is 0 Å². The van der Waals surface area contributed by atoms with E-state index in [-0.39, 0.29) is 18.4 Å². The molecule has 1 fully saturated rings. The quantitative estimate of drug-likeness (QED) is 0.327. The highest BCUT2D eigenvalue weighted by Crippen LogP contribution is 2.38. The lowest BCUT2D eigenvalue weighted by Crippen LogP contribution is -2.28. The molecule has 1 aliphatic rings. The van der Waals surface area contributed by atoms with E-state index in [2.05, 4.69) is 28.2 Å². The van der Waals surface area contributed by atoms with Gasteiger partial charge in [0.2, 0.25) is 0 Å². The van der Waals surface area contributed by atoms with Crippen LogP contribution in [0, 0.1) is 0 Å². The fourth-order valence-corrected chi connectivity index (χ4v) is 4.81. The number of halogens is 1. The topological polar surface area (TPSA) is 67.9 Å². The summed E-state index contributed by atoms with van der Waals surface area (Å²) in [6.07, 6.45) is 3.68. The molecule has 1 saturated heterocycles. The van der Waals surface area contributed by atoms with Gasteiger partial charge in [-0.25, -0.2) is 0 Å². The Bertz CT molecular complexity index is 1060. The number of unbranched alkanes of at least 4 members (excludes halogenated alkanes) is 1. The lowest BCUT2D eigenvalue weighted by Gasteiger charge is -2.14. The van der Waals surface area contributed by atoms with Crippen molar-refractivity contribution in [1.29, 1.82) is 0 Å². The van der Waals surface area contributed by atoms with E-state index in [1.54, 1.807) is 23.1 Å². The van der Waals surface area contributed by atoms with Crippen LogP contribution in [0.25, 0.3) is 6.08 Å². The van der Waals surface area contributed by atoms with Crippen LogP contribution < -0.4 is 14.8 Å². The molecule has 33 heavy (non-hydrogen) atoms. The van der Waals surface area contributed by atoms with Gasteiger partial charge in [0.1, 0.15) is 4.32 Å².